The number of esters is 1. The van der Waals surface area contributed by atoms with Gasteiger partial charge in [-0.1, -0.05) is 76.5 Å². The van der Waals surface area contributed by atoms with E-state index in [0.717, 1.165) is 18.4 Å². The highest BCUT2D eigenvalue weighted by atomic mass is 16.7. The molecule has 8 rings (SSSR count). The van der Waals surface area contributed by atoms with Crippen molar-refractivity contribution in [3.05, 3.63) is 59.3 Å². The number of carbonyl (C=O) groups is 1. The van der Waals surface area contributed by atoms with Crippen LogP contribution in [0.4, 0.5) is 0 Å². The predicted octanol–water partition coefficient (Wildman–Crippen LogP) is 5.91. The second-order valence-electron chi connectivity index (χ2n) is 20.0. The maximum atomic E-state index is 14.4. The van der Waals surface area contributed by atoms with Gasteiger partial charge in [0.15, 0.2) is 18.4 Å². The highest BCUT2D eigenvalue weighted by Crippen LogP contribution is 2.47. The maximum Gasteiger partial charge on any atom is 0.337 e. The van der Waals surface area contributed by atoms with Crippen LogP contribution in [0.1, 0.15) is 106 Å². The molecule has 358 valence electrons. The van der Waals surface area contributed by atoms with Crippen molar-refractivity contribution in [2.45, 2.75) is 203 Å². The van der Waals surface area contributed by atoms with E-state index in [1.807, 2.05) is 32.1 Å². The zero-order valence-electron chi connectivity index (χ0n) is 39.0. The van der Waals surface area contributed by atoms with Crippen molar-refractivity contribution in [2.24, 2.45) is 23.7 Å². The molecule has 8 aliphatic rings. The lowest BCUT2D eigenvalue weighted by atomic mass is 9.72. The Morgan fingerprint density at radius 2 is 1.52 bits per heavy atom. The van der Waals surface area contributed by atoms with E-state index in [9.17, 15) is 20.1 Å². The number of rotatable bonds is 7. The Morgan fingerprint density at radius 1 is 0.797 bits per heavy atom. The van der Waals surface area contributed by atoms with Gasteiger partial charge in [0.25, 0.3) is 0 Å². The van der Waals surface area contributed by atoms with Crippen LogP contribution in [0.3, 0.4) is 0 Å². The molecule has 0 amide bonds. The summed E-state index contributed by atoms with van der Waals surface area (Å²) in [5.41, 5.74) is -0.390. The number of hydrogen-bond donors (Lipinski definition) is 3. The van der Waals surface area contributed by atoms with Gasteiger partial charge in [0.1, 0.15) is 30.0 Å². The zero-order valence-corrected chi connectivity index (χ0v) is 39.0. The van der Waals surface area contributed by atoms with Crippen molar-refractivity contribution in [3.63, 3.8) is 0 Å². The van der Waals surface area contributed by atoms with Gasteiger partial charge in [-0.25, -0.2) is 4.79 Å². The third-order valence-electron chi connectivity index (χ3n) is 15.4. The number of aliphatic hydroxyl groups is 3. The standard InChI is InChI=1S/C50H74O14/c1-27-13-12-16-34-26-57-47-42(51)30(4)21-37(50(34,47)54)48(53)60-36-22-35(63-49(25-36)20-19-29(3)45(64-49)33-14-10-9-11-15-33)18-17-28(2)44(27)61-41-24-39(56-8)46(32(6)59-41)62-40-23-38(55-7)43(52)31(5)58-40/h12-13,16-17,19-21,27,29-33,35-36,38-47,51-52,54H,9-11,14-15,18,22-26H2,1-8H3. The second-order valence-corrected chi connectivity index (χ2v) is 20.0. The summed E-state index contributed by atoms with van der Waals surface area (Å²) < 4.78 is 64.1. The number of fused-ring (bicyclic) bond motifs is 2. The topological polar surface area (TPSA) is 170 Å². The predicted molar refractivity (Wildman–Crippen MR) is 234 cm³/mol. The summed E-state index contributed by atoms with van der Waals surface area (Å²) >= 11 is 0. The molecule has 19 atom stereocenters. The van der Waals surface area contributed by atoms with E-state index in [1.54, 1.807) is 33.3 Å². The van der Waals surface area contributed by atoms with Crippen molar-refractivity contribution in [2.75, 3.05) is 20.8 Å². The summed E-state index contributed by atoms with van der Waals surface area (Å²) in [6.45, 7) is 11.9. The summed E-state index contributed by atoms with van der Waals surface area (Å²) in [5, 5.41) is 34.3. The number of allylic oxidation sites excluding steroid dienone is 2. The number of hydrogen-bond acceptors (Lipinski definition) is 14. The van der Waals surface area contributed by atoms with E-state index in [1.165, 1.54) is 19.3 Å². The first-order chi connectivity index (χ1) is 30.6. The van der Waals surface area contributed by atoms with Gasteiger partial charge >= 0.3 is 5.97 Å². The molecular formula is C50H74O14. The first kappa shape index (κ1) is 48.2. The molecule has 19 unspecified atom stereocenters. The second kappa shape index (κ2) is 20.1. The summed E-state index contributed by atoms with van der Waals surface area (Å²) in [4.78, 5) is 14.4. The smallest absolute Gasteiger partial charge is 0.337 e. The molecule has 2 bridgehead atoms. The van der Waals surface area contributed by atoms with Crippen molar-refractivity contribution < 1.29 is 67.5 Å². The van der Waals surface area contributed by atoms with Crippen LogP contribution in [0, 0.1) is 23.7 Å². The molecule has 0 aromatic heterocycles. The Morgan fingerprint density at radius 3 is 2.27 bits per heavy atom. The molecule has 1 saturated carbocycles. The van der Waals surface area contributed by atoms with Gasteiger partial charge in [0, 0.05) is 57.7 Å². The normalized spacial score (nSPS) is 47.1. The minimum atomic E-state index is -1.89. The Kier molecular flexibility index (Phi) is 15.1. The lowest BCUT2D eigenvalue weighted by Crippen LogP contribution is -2.56. The molecule has 1 spiro atoms. The minimum absolute atomic E-state index is 0.0260. The van der Waals surface area contributed by atoms with Crippen molar-refractivity contribution in [1.29, 1.82) is 0 Å². The fourth-order valence-corrected chi connectivity index (χ4v) is 11.6. The Hall–Kier alpha value is -2.31. The van der Waals surface area contributed by atoms with Crippen LogP contribution in [0.5, 0.6) is 0 Å². The molecule has 0 aromatic carbocycles. The first-order valence-corrected chi connectivity index (χ1v) is 24.0. The summed E-state index contributed by atoms with van der Waals surface area (Å²) in [5.74, 6) is -1.75. The van der Waals surface area contributed by atoms with Gasteiger partial charge in [-0.3, -0.25) is 0 Å². The van der Waals surface area contributed by atoms with Crippen LogP contribution in [-0.4, -0.2) is 139 Å². The van der Waals surface area contributed by atoms with Crippen molar-refractivity contribution >= 4 is 5.97 Å². The highest BCUT2D eigenvalue weighted by molar-refractivity contribution is 5.93. The van der Waals surface area contributed by atoms with Crippen LogP contribution in [0.2, 0.25) is 0 Å². The van der Waals surface area contributed by atoms with Crippen molar-refractivity contribution in [3.8, 4) is 0 Å². The summed E-state index contributed by atoms with van der Waals surface area (Å²) in [7, 11) is 3.23. The van der Waals surface area contributed by atoms with E-state index >= 15 is 0 Å². The molecule has 5 fully saturated rings. The molecule has 14 nitrogen and oxygen atoms in total. The van der Waals surface area contributed by atoms with E-state index in [4.69, 9.17) is 47.4 Å². The van der Waals surface area contributed by atoms with Crippen LogP contribution < -0.4 is 0 Å². The summed E-state index contributed by atoms with van der Waals surface area (Å²) in [6.07, 6.45) is 13.8. The van der Waals surface area contributed by atoms with E-state index in [-0.39, 0.29) is 42.3 Å². The lowest BCUT2D eigenvalue weighted by molar-refractivity contribution is -0.318. The molecular weight excluding hydrogens is 825 g/mol. The quantitative estimate of drug-likeness (QED) is 0.204. The fourth-order valence-electron chi connectivity index (χ4n) is 11.6. The van der Waals surface area contributed by atoms with Gasteiger partial charge in [-0.15, -0.1) is 0 Å². The lowest BCUT2D eigenvalue weighted by Gasteiger charge is -2.49. The van der Waals surface area contributed by atoms with Crippen LogP contribution in [-0.2, 0) is 52.2 Å². The molecule has 64 heavy (non-hydrogen) atoms. The average Bonchev–Trinajstić information content (AvgIpc) is 3.62. The van der Waals surface area contributed by atoms with Gasteiger partial charge in [-0.2, -0.15) is 0 Å². The zero-order chi connectivity index (χ0) is 45.5. The monoisotopic (exact) mass is 899 g/mol. The molecule has 6 aliphatic heterocycles. The largest absolute Gasteiger partial charge is 0.459 e. The van der Waals surface area contributed by atoms with Crippen LogP contribution in [0.15, 0.2) is 59.3 Å². The Bertz CT molecular complexity index is 1790. The average molecular weight is 899 g/mol. The van der Waals surface area contributed by atoms with Gasteiger partial charge in [-0.05, 0) is 63.2 Å². The van der Waals surface area contributed by atoms with E-state index in [0.29, 0.717) is 43.6 Å². The Labute approximate surface area is 379 Å². The highest BCUT2D eigenvalue weighted by Gasteiger charge is 2.59. The maximum absolute atomic E-state index is 14.4. The Balaban J connectivity index is 1.08. The number of methoxy groups -OCH3 is 2. The molecule has 3 N–H and O–H groups in total. The molecule has 6 heterocycles. The number of carbonyl (C=O) groups excluding carboxylic acids is 1. The SMILES string of the molecule is COC1CC(OC2C(C)OC(OC3C(C)=CCC4CC(CC5(C=CC(C)C(C6CCCCC6)O5)O4)OC(=O)C4=CC(C)C(O)C5OCC(=CC=CC3C)C45O)CC2OC)OC(C)C1O. The third kappa shape index (κ3) is 9.82. The molecule has 0 aromatic rings. The molecule has 14 heteroatoms. The third-order valence-corrected chi connectivity index (χ3v) is 15.4. The fraction of sp³-hybridized carbons (Fsp3) is 0.780. The molecule has 0 radical (unpaired) electrons. The van der Waals surface area contributed by atoms with E-state index in [2.05, 4.69) is 32.9 Å². The van der Waals surface area contributed by atoms with E-state index < -0.39 is 90.8 Å². The number of ether oxygens (including phenoxy) is 10. The van der Waals surface area contributed by atoms with Gasteiger partial charge < -0.3 is 62.7 Å². The van der Waals surface area contributed by atoms with Crippen LogP contribution >= 0.6 is 0 Å². The minimum Gasteiger partial charge on any atom is -0.459 e. The number of aliphatic hydroxyl groups excluding tert-OH is 2. The molecule has 2 aliphatic carbocycles. The van der Waals surface area contributed by atoms with Gasteiger partial charge in [0.2, 0.25) is 0 Å². The first-order valence-electron chi connectivity index (χ1n) is 24.0. The van der Waals surface area contributed by atoms with Gasteiger partial charge in [0.05, 0.1) is 61.0 Å². The van der Waals surface area contributed by atoms with Crippen molar-refractivity contribution in [1.82, 2.24) is 0 Å². The van der Waals surface area contributed by atoms with Crippen LogP contribution in [0.25, 0.3) is 0 Å². The summed E-state index contributed by atoms with van der Waals surface area (Å²) in [6, 6.07) is 0. The molecule has 4 saturated heterocycles.